The molecule has 0 radical (unpaired) electrons. The molecule has 3 aromatic rings. The van der Waals surface area contributed by atoms with Crippen molar-refractivity contribution < 1.29 is 24.1 Å². The summed E-state index contributed by atoms with van der Waals surface area (Å²) in [5, 5.41) is 24.1. The van der Waals surface area contributed by atoms with E-state index in [-0.39, 0.29) is 18.8 Å². The summed E-state index contributed by atoms with van der Waals surface area (Å²) >= 11 is 0. The first-order chi connectivity index (χ1) is 14.9. The van der Waals surface area contributed by atoms with Crippen LogP contribution >= 0.6 is 0 Å². The zero-order valence-electron chi connectivity index (χ0n) is 17.7. The van der Waals surface area contributed by atoms with E-state index in [1.807, 2.05) is 19.9 Å². The maximum atomic E-state index is 13.9. The summed E-state index contributed by atoms with van der Waals surface area (Å²) in [6, 6.07) is 13.3. The molecule has 0 saturated heterocycles. The molecule has 3 rings (SSSR count). The number of aliphatic hydroxyl groups is 1. The predicted molar refractivity (Wildman–Crippen MR) is 116 cm³/mol. The van der Waals surface area contributed by atoms with Crippen LogP contribution in [0, 0.1) is 5.82 Å². The largest absolute Gasteiger partial charge is 0.493 e. The Morgan fingerprint density at radius 2 is 2.00 bits per heavy atom. The number of aromatic nitrogens is 2. The molecule has 2 aromatic carbocycles. The topological polar surface area (TPSA) is 84.6 Å². The van der Waals surface area contributed by atoms with Crippen LogP contribution in [0.1, 0.15) is 32.3 Å². The van der Waals surface area contributed by atoms with Gasteiger partial charge in [-0.15, -0.1) is 0 Å². The van der Waals surface area contributed by atoms with Crippen molar-refractivity contribution in [2.24, 2.45) is 0 Å². The molecule has 0 spiro atoms. The number of ether oxygens (including phenoxy) is 1. The van der Waals surface area contributed by atoms with Gasteiger partial charge in [-0.2, -0.15) is 5.10 Å². The van der Waals surface area contributed by atoms with E-state index < -0.39 is 12.1 Å². The molecule has 0 aliphatic rings. The van der Waals surface area contributed by atoms with Gasteiger partial charge in [-0.1, -0.05) is 32.0 Å². The fourth-order valence-electron chi connectivity index (χ4n) is 3.30. The van der Waals surface area contributed by atoms with Crippen LogP contribution in [0.15, 0.2) is 48.5 Å². The molecule has 0 saturated carbocycles. The minimum Gasteiger partial charge on any atom is -0.493 e. The van der Waals surface area contributed by atoms with Crippen molar-refractivity contribution in [2.75, 3.05) is 6.61 Å². The zero-order valence-corrected chi connectivity index (χ0v) is 17.7. The number of hydrogen-bond acceptors (Lipinski definition) is 4. The van der Waals surface area contributed by atoms with Crippen LogP contribution in [0.25, 0.3) is 22.5 Å². The SMILES string of the molecule is CCCOc1ccc(CC(=O)O)cc1-c1cc(-c2cccc(F)c2)n(CC(O)CC)n1. The minimum atomic E-state index is -0.926. The molecule has 0 aliphatic carbocycles. The number of carbonyl (C=O) groups is 1. The average Bonchev–Trinajstić information content (AvgIpc) is 3.15. The molecule has 0 amide bonds. The maximum Gasteiger partial charge on any atom is 0.307 e. The Morgan fingerprint density at radius 1 is 1.19 bits per heavy atom. The second-order valence-corrected chi connectivity index (χ2v) is 7.42. The van der Waals surface area contributed by atoms with Crippen LogP contribution in [0.5, 0.6) is 5.75 Å². The number of halogens is 1. The lowest BCUT2D eigenvalue weighted by Gasteiger charge is -2.12. The van der Waals surface area contributed by atoms with Gasteiger partial charge in [0.15, 0.2) is 0 Å². The van der Waals surface area contributed by atoms with E-state index >= 15 is 0 Å². The van der Waals surface area contributed by atoms with Crippen LogP contribution in [-0.4, -0.2) is 38.7 Å². The minimum absolute atomic E-state index is 0.118. The number of aliphatic carboxylic acids is 1. The third kappa shape index (κ3) is 5.70. The van der Waals surface area contributed by atoms with Crippen LogP contribution < -0.4 is 4.74 Å². The van der Waals surface area contributed by atoms with Gasteiger partial charge in [0.2, 0.25) is 0 Å². The third-order valence-electron chi connectivity index (χ3n) is 4.89. The average molecular weight is 426 g/mol. The van der Waals surface area contributed by atoms with E-state index in [9.17, 15) is 19.4 Å². The Kier molecular flexibility index (Phi) is 7.41. The highest BCUT2D eigenvalue weighted by Crippen LogP contribution is 2.34. The van der Waals surface area contributed by atoms with E-state index in [1.54, 1.807) is 35.0 Å². The van der Waals surface area contributed by atoms with Crippen LogP contribution in [-0.2, 0) is 17.8 Å². The molecule has 164 valence electrons. The summed E-state index contributed by atoms with van der Waals surface area (Å²) in [6.07, 6.45) is 0.653. The van der Waals surface area contributed by atoms with Gasteiger partial charge in [0.05, 0.1) is 37.1 Å². The summed E-state index contributed by atoms with van der Waals surface area (Å²) in [5.74, 6) is -0.689. The number of carboxylic acids is 1. The summed E-state index contributed by atoms with van der Waals surface area (Å²) in [6.45, 7) is 4.64. The monoisotopic (exact) mass is 426 g/mol. The molecule has 7 heteroatoms. The molecule has 0 bridgehead atoms. The molecule has 1 unspecified atom stereocenters. The first-order valence-corrected chi connectivity index (χ1v) is 10.4. The van der Waals surface area contributed by atoms with Crippen molar-refractivity contribution >= 4 is 5.97 Å². The second kappa shape index (κ2) is 10.2. The van der Waals surface area contributed by atoms with Crippen LogP contribution in [0.3, 0.4) is 0 Å². The van der Waals surface area contributed by atoms with Gasteiger partial charge in [0, 0.05) is 11.1 Å². The normalized spacial score (nSPS) is 12.0. The highest BCUT2D eigenvalue weighted by Gasteiger charge is 2.18. The third-order valence-corrected chi connectivity index (χ3v) is 4.89. The fourth-order valence-corrected chi connectivity index (χ4v) is 3.30. The fraction of sp³-hybridized carbons (Fsp3) is 0.333. The summed E-state index contributed by atoms with van der Waals surface area (Å²) in [4.78, 5) is 11.2. The Balaban J connectivity index is 2.12. The van der Waals surface area contributed by atoms with E-state index in [0.29, 0.717) is 46.9 Å². The molecule has 6 nitrogen and oxygen atoms in total. The van der Waals surface area contributed by atoms with Crippen molar-refractivity contribution in [3.8, 4) is 28.3 Å². The summed E-state index contributed by atoms with van der Waals surface area (Å²) in [7, 11) is 0. The molecule has 1 aromatic heterocycles. The molecular weight excluding hydrogens is 399 g/mol. The van der Waals surface area contributed by atoms with Crippen molar-refractivity contribution in [2.45, 2.75) is 45.8 Å². The smallest absolute Gasteiger partial charge is 0.307 e. The van der Waals surface area contributed by atoms with Gasteiger partial charge < -0.3 is 14.9 Å². The Hall–Kier alpha value is -3.19. The maximum absolute atomic E-state index is 13.9. The van der Waals surface area contributed by atoms with Gasteiger partial charge in [-0.05, 0) is 48.7 Å². The number of carboxylic acid groups (broad SMARTS) is 1. The Labute approximate surface area is 180 Å². The number of rotatable bonds is 10. The molecule has 0 fully saturated rings. The van der Waals surface area contributed by atoms with Gasteiger partial charge in [-0.25, -0.2) is 4.39 Å². The Bertz CT molecular complexity index is 1050. The first-order valence-electron chi connectivity index (χ1n) is 10.4. The molecule has 0 aliphatic heterocycles. The van der Waals surface area contributed by atoms with E-state index in [2.05, 4.69) is 5.10 Å². The summed E-state index contributed by atoms with van der Waals surface area (Å²) in [5.41, 5.74) is 3.16. The lowest BCUT2D eigenvalue weighted by Crippen LogP contribution is -2.16. The molecule has 1 heterocycles. The Morgan fingerprint density at radius 3 is 2.68 bits per heavy atom. The standard InChI is InChI=1S/C24H27FN2O4/c1-3-10-31-23-9-8-16(12-24(29)30)11-20(23)21-14-22(17-6-5-7-18(25)13-17)27(26-21)15-19(28)4-2/h5-9,11,13-14,19,28H,3-4,10,12,15H2,1-2H3,(H,29,30). The van der Waals surface area contributed by atoms with Crippen molar-refractivity contribution in [3.63, 3.8) is 0 Å². The van der Waals surface area contributed by atoms with Gasteiger partial charge >= 0.3 is 5.97 Å². The highest BCUT2D eigenvalue weighted by molar-refractivity contribution is 5.76. The van der Waals surface area contributed by atoms with Crippen LogP contribution in [0.4, 0.5) is 4.39 Å². The quantitative estimate of drug-likeness (QED) is 0.497. The van der Waals surface area contributed by atoms with Crippen molar-refractivity contribution in [1.82, 2.24) is 9.78 Å². The van der Waals surface area contributed by atoms with Gasteiger partial charge in [0.1, 0.15) is 11.6 Å². The van der Waals surface area contributed by atoms with E-state index in [1.165, 1.54) is 12.1 Å². The second-order valence-electron chi connectivity index (χ2n) is 7.42. The molecular formula is C24H27FN2O4. The number of benzene rings is 2. The predicted octanol–water partition coefficient (Wildman–Crippen LogP) is 4.54. The van der Waals surface area contributed by atoms with Gasteiger partial charge in [0.25, 0.3) is 0 Å². The van der Waals surface area contributed by atoms with Crippen molar-refractivity contribution in [3.05, 3.63) is 59.9 Å². The van der Waals surface area contributed by atoms with E-state index in [4.69, 9.17) is 4.74 Å². The van der Waals surface area contributed by atoms with Crippen LogP contribution in [0.2, 0.25) is 0 Å². The summed E-state index contributed by atoms with van der Waals surface area (Å²) < 4.78 is 21.4. The number of nitrogens with zero attached hydrogens (tertiary/aromatic N) is 2. The van der Waals surface area contributed by atoms with E-state index in [0.717, 1.165) is 6.42 Å². The molecule has 31 heavy (non-hydrogen) atoms. The molecule has 1 atom stereocenters. The highest BCUT2D eigenvalue weighted by atomic mass is 19.1. The zero-order chi connectivity index (χ0) is 22.4. The first kappa shape index (κ1) is 22.5. The number of aliphatic hydroxyl groups excluding tert-OH is 1. The molecule has 2 N–H and O–H groups in total. The van der Waals surface area contributed by atoms with Gasteiger partial charge in [-0.3, -0.25) is 9.48 Å². The lowest BCUT2D eigenvalue weighted by molar-refractivity contribution is -0.136. The number of hydrogen-bond donors (Lipinski definition) is 2. The van der Waals surface area contributed by atoms with Crippen molar-refractivity contribution in [1.29, 1.82) is 0 Å². The lowest BCUT2D eigenvalue weighted by atomic mass is 10.0.